The van der Waals surface area contributed by atoms with E-state index in [1.807, 2.05) is 30.3 Å². The molecule has 0 aliphatic rings. The summed E-state index contributed by atoms with van der Waals surface area (Å²) < 4.78 is 10.4. The molecule has 0 heterocycles. The molecule has 0 unspecified atom stereocenters. The third kappa shape index (κ3) is 5.90. The van der Waals surface area contributed by atoms with Gasteiger partial charge in [0, 0.05) is 0 Å². The van der Waals surface area contributed by atoms with Crippen LogP contribution in [-0.4, -0.2) is 67.1 Å². The van der Waals surface area contributed by atoms with Crippen LogP contribution in [0.1, 0.15) is 14.0 Å². The van der Waals surface area contributed by atoms with Gasteiger partial charge in [0.2, 0.25) is 5.76 Å². The number of methoxy groups -OCH3 is 1. The maximum absolute atomic E-state index is 10.8. The Morgan fingerprint density at radius 3 is 2.32 bits per heavy atom. The predicted molar refractivity (Wildman–Crippen MR) is 87.8 cm³/mol. The molecule has 0 amide bonds. The average molecular weight is 424 g/mol. The van der Waals surface area contributed by atoms with Crippen LogP contribution in [0.15, 0.2) is 60.4 Å². The second-order valence-corrected chi connectivity index (χ2v) is 4.36. The zero-order chi connectivity index (χ0) is 15.1. The van der Waals surface area contributed by atoms with Crippen molar-refractivity contribution in [3.63, 3.8) is 0 Å². The summed E-state index contributed by atoms with van der Waals surface area (Å²) in [5, 5.41) is 8.88. The molecular formula is C17H18BaO4. The topological polar surface area (TPSA) is 55.8 Å². The Balaban J connectivity index is 0. The molecule has 0 saturated carbocycles. The molecule has 0 spiro atoms. The fourth-order valence-electron chi connectivity index (χ4n) is 1.76. The minimum Gasteiger partial charge on any atom is -1.00 e. The minimum atomic E-state index is -1.10. The molecule has 0 aliphatic heterocycles. The Labute approximate surface area is 172 Å². The van der Waals surface area contributed by atoms with Gasteiger partial charge in [-0.25, -0.2) is 4.79 Å². The van der Waals surface area contributed by atoms with Gasteiger partial charge >= 0.3 is 54.9 Å². The summed E-state index contributed by atoms with van der Waals surface area (Å²) in [5.41, 5.74) is 1.83. The second kappa shape index (κ2) is 9.76. The van der Waals surface area contributed by atoms with Crippen molar-refractivity contribution >= 4 is 60.9 Å². The third-order valence-electron chi connectivity index (χ3n) is 2.86. The number of carboxylic acids is 1. The number of ether oxygens (including phenoxy) is 2. The molecule has 2 aromatic rings. The van der Waals surface area contributed by atoms with Crippen molar-refractivity contribution in [2.24, 2.45) is 0 Å². The number of carbonyl (C=O) groups is 1. The molecule has 22 heavy (non-hydrogen) atoms. The van der Waals surface area contributed by atoms with E-state index in [0.29, 0.717) is 6.61 Å². The summed E-state index contributed by atoms with van der Waals surface area (Å²) in [7, 11) is 1.33. The molecule has 4 nitrogen and oxygen atoms in total. The molecule has 1 N–H and O–H groups in total. The van der Waals surface area contributed by atoms with Gasteiger partial charge in [0.15, 0.2) is 0 Å². The summed E-state index contributed by atoms with van der Waals surface area (Å²) >= 11 is 0. The molecule has 0 bridgehead atoms. The number of hydrogen-bond acceptors (Lipinski definition) is 3. The van der Waals surface area contributed by atoms with E-state index < -0.39 is 5.97 Å². The van der Waals surface area contributed by atoms with Crippen molar-refractivity contribution in [3.05, 3.63) is 71.5 Å². The van der Waals surface area contributed by atoms with E-state index in [2.05, 4.69) is 0 Å². The van der Waals surface area contributed by atoms with Crippen LogP contribution in [0.3, 0.4) is 0 Å². The summed E-state index contributed by atoms with van der Waals surface area (Å²) in [5.74, 6) is -0.472. The zero-order valence-corrected chi connectivity index (χ0v) is 16.8. The van der Waals surface area contributed by atoms with Crippen molar-refractivity contribution in [3.8, 4) is 5.75 Å². The average Bonchev–Trinajstić information content (AvgIpc) is 2.52. The minimum absolute atomic E-state index is 0. The molecule has 0 aliphatic carbocycles. The van der Waals surface area contributed by atoms with Crippen LogP contribution in [0, 0.1) is 0 Å². The van der Waals surface area contributed by atoms with Crippen molar-refractivity contribution in [1.29, 1.82) is 0 Å². The van der Waals surface area contributed by atoms with E-state index in [0.717, 1.165) is 16.9 Å². The molecule has 0 aromatic heterocycles. The number of carboxylic acid groups (broad SMARTS) is 1. The summed E-state index contributed by atoms with van der Waals surface area (Å²) in [6.45, 7) is 0.495. The van der Waals surface area contributed by atoms with Crippen molar-refractivity contribution in [2.75, 3.05) is 7.11 Å². The zero-order valence-electron chi connectivity index (χ0n) is 14.4. The van der Waals surface area contributed by atoms with Gasteiger partial charge in [-0.05, 0) is 29.3 Å². The summed E-state index contributed by atoms with van der Waals surface area (Å²) in [4.78, 5) is 10.8. The Morgan fingerprint density at radius 1 is 1.14 bits per heavy atom. The van der Waals surface area contributed by atoms with E-state index in [4.69, 9.17) is 14.6 Å². The Hall–Kier alpha value is -1.18. The standard InChI is InChI=1S/C17H16O4.Ba.2H/c1-20-16(17(18)19)11-13-7-9-15(10-8-13)21-12-14-5-3-2-4-6-14;;;/h2-11H,12H2,1H3,(H,18,19);;;/q;+2;2*-1. The first-order chi connectivity index (χ1) is 10.2. The Morgan fingerprint density at radius 2 is 1.77 bits per heavy atom. The van der Waals surface area contributed by atoms with Gasteiger partial charge in [-0.15, -0.1) is 0 Å². The van der Waals surface area contributed by atoms with Crippen LogP contribution in [0.4, 0.5) is 0 Å². The van der Waals surface area contributed by atoms with Crippen LogP contribution in [-0.2, 0) is 16.1 Å². The molecule has 5 heteroatoms. The van der Waals surface area contributed by atoms with E-state index in [9.17, 15) is 4.79 Å². The molecule has 0 radical (unpaired) electrons. The largest absolute Gasteiger partial charge is 2.00 e. The predicted octanol–water partition coefficient (Wildman–Crippen LogP) is 3.18. The smallest absolute Gasteiger partial charge is 1.00 e. The van der Waals surface area contributed by atoms with E-state index in [1.165, 1.54) is 13.2 Å². The molecule has 2 rings (SSSR count). The molecule has 2 aromatic carbocycles. The maximum atomic E-state index is 10.8. The maximum Gasteiger partial charge on any atom is 2.00 e. The first kappa shape index (κ1) is 18.9. The monoisotopic (exact) mass is 424 g/mol. The molecule has 0 saturated heterocycles. The van der Waals surface area contributed by atoms with E-state index >= 15 is 0 Å². The number of rotatable bonds is 6. The molecule has 0 atom stereocenters. The fraction of sp³-hybridized carbons (Fsp3) is 0.118. The van der Waals surface area contributed by atoms with Gasteiger partial charge in [0.05, 0.1) is 7.11 Å². The summed E-state index contributed by atoms with van der Waals surface area (Å²) in [6.07, 6.45) is 1.46. The Kier molecular flexibility index (Phi) is 8.37. The number of benzene rings is 2. The molecule has 0 fully saturated rings. The van der Waals surface area contributed by atoms with Gasteiger partial charge in [-0.1, -0.05) is 42.5 Å². The number of aliphatic carboxylic acids is 1. The van der Waals surface area contributed by atoms with Gasteiger partial charge < -0.3 is 17.4 Å². The van der Waals surface area contributed by atoms with E-state index in [-0.39, 0.29) is 57.5 Å². The van der Waals surface area contributed by atoms with Crippen molar-refractivity contribution < 1.29 is 22.2 Å². The first-order valence-corrected chi connectivity index (χ1v) is 6.45. The van der Waals surface area contributed by atoms with Gasteiger partial charge in [0.1, 0.15) is 12.4 Å². The van der Waals surface area contributed by atoms with Crippen LogP contribution in [0.5, 0.6) is 5.75 Å². The molecular weight excluding hydrogens is 406 g/mol. The van der Waals surface area contributed by atoms with Crippen LogP contribution in [0.25, 0.3) is 6.08 Å². The molecule has 112 valence electrons. The normalized spacial score (nSPS) is 10.5. The van der Waals surface area contributed by atoms with Crippen LogP contribution >= 0.6 is 0 Å². The SMILES string of the molecule is COC(=Cc1ccc(OCc2ccccc2)cc1)C(=O)O.[Ba+2].[H-].[H-]. The fourth-order valence-corrected chi connectivity index (χ4v) is 1.76. The van der Waals surface area contributed by atoms with Crippen LogP contribution in [0.2, 0.25) is 0 Å². The quantitative estimate of drug-likeness (QED) is 0.440. The van der Waals surface area contributed by atoms with Crippen molar-refractivity contribution in [2.45, 2.75) is 6.61 Å². The van der Waals surface area contributed by atoms with Gasteiger partial charge in [-0.2, -0.15) is 0 Å². The van der Waals surface area contributed by atoms with Gasteiger partial charge in [-0.3, -0.25) is 0 Å². The first-order valence-electron chi connectivity index (χ1n) is 6.45. The second-order valence-electron chi connectivity index (χ2n) is 4.36. The summed E-state index contributed by atoms with van der Waals surface area (Å²) in [6, 6.07) is 17.0. The number of hydrogen-bond donors (Lipinski definition) is 1. The van der Waals surface area contributed by atoms with Crippen LogP contribution < -0.4 is 4.74 Å². The third-order valence-corrected chi connectivity index (χ3v) is 2.86. The van der Waals surface area contributed by atoms with Gasteiger partial charge in [0.25, 0.3) is 0 Å². The Bertz CT molecular complexity index is 631. The van der Waals surface area contributed by atoms with Crippen molar-refractivity contribution in [1.82, 2.24) is 0 Å². The van der Waals surface area contributed by atoms with E-state index in [1.54, 1.807) is 24.3 Å².